The number of H-pyrrole nitrogens is 1. The molecule has 3 aromatic rings. The Morgan fingerprint density at radius 1 is 1.38 bits per heavy atom. The summed E-state index contributed by atoms with van der Waals surface area (Å²) in [6, 6.07) is 6.82. The van der Waals surface area contributed by atoms with Crippen molar-refractivity contribution in [2.75, 3.05) is 12.3 Å². The van der Waals surface area contributed by atoms with E-state index in [1.54, 1.807) is 32.0 Å². The maximum Gasteiger partial charge on any atom is 0.459 e. The number of nitrogens with two attached hydrogens (primary N) is 1. The molecule has 1 aromatic carbocycles. The molecule has 0 bridgehead atoms. The first kappa shape index (κ1) is 28.9. The maximum atomic E-state index is 15.6. The minimum Gasteiger partial charge on any atom is -0.462 e. The fourth-order valence-corrected chi connectivity index (χ4v) is 5.53. The zero-order valence-corrected chi connectivity index (χ0v) is 22.6. The normalized spacial score (nSPS) is 25.5. The van der Waals surface area contributed by atoms with Gasteiger partial charge in [-0.25, -0.2) is 13.9 Å². The van der Waals surface area contributed by atoms with Gasteiger partial charge in [0.25, 0.3) is 10.7 Å². The number of aromatic nitrogens is 4. The first-order chi connectivity index (χ1) is 18.3. The number of nitrogens with zero attached hydrogens (tertiary/aromatic N) is 3. The predicted octanol–water partition coefficient (Wildman–Crippen LogP) is 2.00. The molecule has 212 valence electrons. The van der Waals surface area contributed by atoms with Gasteiger partial charge in [0.2, 0.25) is 5.95 Å². The number of fused-ring (bicyclic) bond motifs is 1. The lowest BCUT2D eigenvalue weighted by atomic mass is 10.1. The molecule has 5 N–H and O–H groups in total. The van der Waals surface area contributed by atoms with E-state index in [1.165, 1.54) is 19.1 Å². The molecule has 1 aliphatic rings. The van der Waals surface area contributed by atoms with Crippen LogP contribution in [0, 0.1) is 0 Å². The third kappa shape index (κ3) is 6.24. The number of aromatic amines is 1. The fourth-order valence-electron chi connectivity index (χ4n) is 3.73. The summed E-state index contributed by atoms with van der Waals surface area (Å²) in [7, 11) is -4.35. The van der Waals surface area contributed by atoms with Crippen molar-refractivity contribution < 1.29 is 37.4 Å². The van der Waals surface area contributed by atoms with Crippen molar-refractivity contribution in [1.82, 2.24) is 24.6 Å². The lowest BCUT2D eigenvalue weighted by Crippen LogP contribution is -2.40. The topological polar surface area (TPSA) is 193 Å². The molecule has 6 atom stereocenters. The van der Waals surface area contributed by atoms with Gasteiger partial charge in [-0.1, -0.05) is 29.8 Å². The van der Waals surface area contributed by atoms with E-state index in [0.717, 1.165) is 10.9 Å². The molecular formula is C22H27ClFN6O8P. The quantitative estimate of drug-likeness (QED) is 0.153. The summed E-state index contributed by atoms with van der Waals surface area (Å²) < 4.78 is 52.0. The summed E-state index contributed by atoms with van der Waals surface area (Å²) in [4.78, 5) is 34.5. The molecule has 0 unspecified atom stereocenters. The van der Waals surface area contributed by atoms with Crippen LogP contribution in [0.15, 0.2) is 41.5 Å². The number of carbonyl (C=O) groups excluding carboxylic acids is 1. The number of carbonyl (C=O) groups is 1. The third-order valence-corrected chi connectivity index (χ3v) is 7.57. The molecule has 0 saturated carbocycles. The minimum atomic E-state index is -4.35. The van der Waals surface area contributed by atoms with Gasteiger partial charge < -0.3 is 24.8 Å². The number of nitrogens with one attached hydrogen (secondary N) is 2. The van der Waals surface area contributed by atoms with Crippen LogP contribution in [-0.2, 0) is 23.4 Å². The average molecular weight is 589 g/mol. The van der Waals surface area contributed by atoms with Gasteiger partial charge in [0.1, 0.15) is 24.0 Å². The summed E-state index contributed by atoms with van der Waals surface area (Å²) in [6.07, 6.45) is -4.60. The summed E-state index contributed by atoms with van der Waals surface area (Å²) >= 11 is 6.04. The number of benzene rings is 1. The summed E-state index contributed by atoms with van der Waals surface area (Å²) in [5.41, 5.74) is 4.60. The van der Waals surface area contributed by atoms with Gasteiger partial charge in [-0.15, -0.1) is 0 Å². The Kier molecular flexibility index (Phi) is 8.30. The highest BCUT2D eigenvalue weighted by molar-refractivity contribution is 7.52. The predicted molar refractivity (Wildman–Crippen MR) is 137 cm³/mol. The molecule has 17 heteroatoms. The second-order valence-corrected chi connectivity index (χ2v) is 11.2. The zero-order valence-electron chi connectivity index (χ0n) is 21.0. The number of esters is 1. The van der Waals surface area contributed by atoms with Crippen LogP contribution < -0.4 is 20.9 Å². The van der Waals surface area contributed by atoms with Gasteiger partial charge >= 0.3 is 13.7 Å². The Morgan fingerprint density at radius 3 is 2.74 bits per heavy atom. The maximum absolute atomic E-state index is 15.6. The first-order valence-electron chi connectivity index (χ1n) is 11.7. The van der Waals surface area contributed by atoms with Crippen LogP contribution in [0.3, 0.4) is 0 Å². The van der Waals surface area contributed by atoms with Gasteiger partial charge in [-0.2, -0.15) is 10.1 Å². The van der Waals surface area contributed by atoms with Crippen molar-refractivity contribution in [2.24, 2.45) is 0 Å². The molecule has 4 rings (SSSR count). The van der Waals surface area contributed by atoms with Gasteiger partial charge in [-0.3, -0.25) is 23.7 Å². The number of imidazole rings is 1. The highest BCUT2D eigenvalue weighted by Crippen LogP contribution is 2.49. The van der Waals surface area contributed by atoms with E-state index < -0.39 is 61.6 Å². The third-order valence-electron chi connectivity index (χ3n) is 5.52. The number of aliphatic hydroxyl groups excluding tert-OH is 1. The van der Waals surface area contributed by atoms with Crippen LogP contribution >= 0.6 is 19.3 Å². The van der Waals surface area contributed by atoms with E-state index in [4.69, 9.17) is 35.9 Å². The van der Waals surface area contributed by atoms with Crippen molar-refractivity contribution in [2.45, 2.75) is 56.5 Å². The number of anilines is 1. The number of ether oxygens (including phenoxy) is 2. The summed E-state index contributed by atoms with van der Waals surface area (Å²) in [6.45, 7) is 3.99. The molecule has 0 radical (unpaired) electrons. The molecule has 0 spiro atoms. The largest absolute Gasteiger partial charge is 0.462 e. The van der Waals surface area contributed by atoms with E-state index in [9.17, 15) is 19.3 Å². The lowest BCUT2D eigenvalue weighted by Gasteiger charge is -2.25. The number of hydrogen-bond donors (Lipinski definition) is 4. The number of halogens is 2. The van der Waals surface area contributed by atoms with Gasteiger partial charge in [0.15, 0.2) is 17.4 Å². The molecule has 0 amide bonds. The van der Waals surface area contributed by atoms with E-state index >= 15 is 4.39 Å². The SMILES string of the molecule is CC(C)OC(=O)[C@H](C)N[P@@](=O)(OC[C@H]1O[C@@H](n2cnc3c(=O)[nH]c(N)nc32)[C@](F)(Cl)[C@@H]1O)Oc1ccccc1. The van der Waals surface area contributed by atoms with Gasteiger partial charge in [0.05, 0.1) is 19.0 Å². The van der Waals surface area contributed by atoms with Crippen LogP contribution in [0.5, 0.6) is 5.75 Å². The van der Waals surface area contributed by atoms with Gasteiger partial charge in [0, 0.05) is 0 Å². The molecule has 39 heavy (non-hydrogen) atoms. The Morgan fingerprint density at radius 2 is 2.08 bits per heavy atom. The number of nitrogen functional groups attached to an aromatic ring is 1. The average Bonchev–Trinajstić information content (AvgIpc) is 3.36. The standard InChI is InChI=1S/C22H27ClFN6O8P/c1-11(2)36-19(33)12(3)29-39(34,38-13-7-5-4-6-8-13)35-9-14-16(31)22(23,24)20(37-14)30-10-26-15-17(30)27-21(25)28-18(15)32/h4-8,10-12,14,16,20,31H,9H2,1-3H3,(H,29,34)(H3,25,27,28,32)/t12-,14+,16+,20+,22-,39+/m0/s1. The van der Waals surface area contributed by atoms with Gasteiger partial charge in [-0.05, 0) is 32.9 Å². The van der Waals surface area contributed by atoms with E-state index in [1.807, 2.05) is 0 Å². The van der Waals surface area contributed by atoms with Crippen molar-refractivity contribution in [3.63, 3.8) is 0 Å². The van der Waals surface area contributed by atoms with E-state index in [2.05, 4.69) is 20.0 Å². The highest BCUT2D eigenvalue weighted by atomic mass is 35.5. The molecule has 14 nitrogen and oxygen atoms in total. The van der Waals surface area contributed by atoms with Crippen LogP contribution in [0.25, 0.3) is 11.2 Å². The summed E-state index contributed by atoms with van der Waals surface area (Å²) in [5.74, 6) is -0.846. The van der Waals surface area contributed by atoms with E-state index in [0.29, 0.717) is 0 Å². The molecular weight excluding hydrogens is 562 g/mol. The first-order valence-corrected chi connectivity index (χ1v) is 13.6. The molecule has 1 fully saturated rings. The lowest BCUT2D eigenvalue weighted by molar-refractivity contribution is -0.149. The van der Waals surface area contributed by atoms with Crippen molar-refractivity contribution in [1.29, 1.82) is 0 Å². The second kappa shape index (κ2) is 11.2. The molecule has 0 aliphatic carbocycles. The second-order valence-electron chi connectivity index (χ2n) is 8.96. The zero-order chi connectivity index (χ0) is 28.5. The Labute approximate surface area is 226 Å². The molecule has 3 heterocycles. The Bertz CT molecular complexity index is 1440. The summed E-state index contributed by atoms with van der Waals surface area (Å²) in [5, 5.41) is 10.2. The van der Waals surface area contributed by atoms with Crippen LogP contribution in [0.4, 0.5) is 10.3 Å². The molecule has 2 aromatic heterocycles. The van der Waals surface area contributed by atoms with Crippen LogP contribution in [-0.4, -0.2) is 66.7 Å². The Balaban J connectivity index is 1.56. The number of aliphatic hydroxyl groups is 1. The van der Waals surface area contributed by atoms with Crippen molar-refractivity contribution in [3.8, 4) is 5.75 Å². The van der Waals surface area contributed by atoms with Crippen molar-refractivity contribution in [3.05, 3.63) is 47.0 Å². The molecule has 1 saturated heterocycles. The minimum absolute atomic E-state index is 0.138. The number of hydrogen-bond acceptors (Lipinski definition) is 11. The molecule has 1 aliphatic heterocycles. The van der Waals surface area contributed by atoms with E-state index in [-0.39, 0.29) is 22.9 Å². The highest BCUT2D eigenvalue weighted by Gasteiger charge is 2.58. The van der Waals surface area contributed by atoms with Crippen LogP contribution in [0.1, 0.15) is 27.0 Å². The number of rotatable bonds is 10. The monoisotopic (exact) mass is 588 g/mol. The van der Waals surface area contributed by atoms with Crippen LogP contribution in [0.2, 0.25) is 0 Å². The Hall–Kier alpha value is -3.07. The fraction of sp³-hybridized carbons (Fsp3) is 0.455. The number of alkyl halides is 2. The smallest absolute Gasteiger partial charge is 0.459 e. The number of para-hydroxylation sites is 1. The van der Waals surface area contributed by atoms with Crippen molar-refractivity contribution >= 4 is 42.4 Å².